The molecule has 0 bridgehead atoms. The fraction of sp³-hybridized carbons (Fsp3) is 0.889. The first-order valence-electron chi connectivity index (χ1n) is 5.05. The third-order valence-electron chi connectivity index (χ3n) is 3.38. The van der Waals surface area contributed by atoms with E-state index in [1.54, 1.807) is 0 Å². The maximum atomic E-state index is 11.7. The number of nitrogens with two attached hydrogens (primary N) is 1. The van der Waals surface area contributed by atoms with E-state index >= 15 is 0 Å². The number of hydrazine groups is 1. The Morgan fingerprint density at radius 1 is 1.79 bits per heavy atom. The summed E-state index contributed by atoms with van der Waals surface area (Å²) >= 11 is 0. The van der Waals surface area contributed by atoms with Gasteiger partial charge >= 0.3 is 0 Å². The molecule has 2 aliphatic rings. The molecule has 80 valence electrons. The number of hydrogen-bond acceptors (Lipinski definition) is 4. The number of fused-ring (bicyclic) bond motifs is 1. The summed E-state index contributed by atoms with van der Waals surface area (Å²) < 4.78 is 5.70. The molecule has 0 spiro atoms. The molecule has 1 amide bonds. The van der Waals surface area contributed by atoms with E-state index in [2.05, 4.69) is 12.3 Å². The van der Waals surface area contributed by atoms with Crippen LogP contribution in [0.2, 0.25) is 0 Å². The molecule has 2 saturated heterocycles. The molecule has 2 aliphatic heterocycles. The molecule has 3 unspecified atom stereocenters. The van der Waals surface area contributed by atoms with Crippen LogP contribution in [0.25, 0.3) is 0 Å². The van der Waals surface area contributed by atoms with E-state index in [0.29, 0.717) is 13.0 Å². The Hall–Kier alpha value is -0.650. The molecule has 3 atom stereocenters. The number of nitrogens with one attached hydrogen (secondary N) is 1. The van der Waals surface area contributed by atoms with Crippen molar-refractivity contribution in [2.24, 2.45) is 5.84 Å². The predicted molar refractivity (Wildman–Crippen MR) is 51.0 cm³/mol. The zero-order chi connectivity index (χ0) is 10.3. The average molecular weight is 199 g/mol. The normalized spacial score (nSPS) is 41.9. The standard InChI is InChI=1S/C9H17N3O2/c1-3-6-5-14-9(2)7(11-10)4-8(13)12(6)9/h6-7,11H,3-5,10H2,1-2H3. The van der Waals surface area contributed by atoms with E-state index < -0.39 is 5.72 Å². The number of carbonyl (C=O) groups is 1. The van der Waals surface area contributed by atoms with Crippen molar-refractivity contribution in [2.75, 3.05) is 6.61 Å². The minimum absolute atomic E-state index is 0.0912. The minimum atomic E-state index is -0.535. The van der Waals surface area contributed by atoms with Crippen LogP contribution in [0.1, 0.15) is 26.7 Å². The Balaban J connectivity index is 2.27. The largest absolute Gasteiger partial charge is 0.352 e. The van der Waals surface area contributed by atoms with Gasteiger partial charge in [0.25, 0.3) is 0 Å². The van der Waals surface area contributed by atoms with Gasteiger partial charge in [-0.3, -0.25) is 16.1 Å². The van der Waals surface area contributed by atoms with E-state index in [1.807, 2.05) is 11.8 Å². The molecule has 0 aromatic rings. The van der Waals surface area contributed by atoms with Crippen LogP contribution in [-0.2, 0) is 9.53 Å². The van der Waals surface area contributed by atoms with Crippen molar-refractivity contribution < 1.29 is 9.53 Å². The van der Waals surface area contributed by atoms with Gasteiger partial charge in [0.15, 0.2) is 5.72 Å². The van der Waals surface area contributed by atoms with Gasteiger partial charge in [0.2, 0.25) is 5.91 Å². The van der Waals surface area contributed by atoms with Gasteiger partial charge in [0.1, 0.15) is 0 Å². The van der Waals surface area contributed by atoms with E-state index in [1.165, 1.54) is 0 Å². The fourth-order valence-corrected chi connectivity index (χ4v) is 2.47. The summed E-state index contributed by atoms with van der Waals surface area (Å²) in [5, 5.41) is 0. The topological polar surface area (TPSA) is 67.6 Å². The van der Waals surface area contributed by atoms with Crippen molar-refractivity contribution in [2.45, 2.75) is 44.5 Å². The number of ether oxygens (including phenoxy) is 1. The summed E-state index contributed by atoms with van der Waals surface area (Å²) in [6.45, 7) is 4.62. The molecule has 3 N–H and O–H groups in total. The highest BCUT2D eigenvalue weighted by molar-refractivity contribution is 5.81. The van der Waals surface area contributed by atoms with Crippen LogP contribution in [0.3, 0.4) is 0 Å². The van der Waals surface area contributed by atoms with Crippen molar-refractivity contribution in [3.63, 3.8) is 0 Å². The highest BCUT2D eigenvalue weighted by atomic mass is 16.5. The highest BCUT2D eigenvalue weighted by Crippen LogP contribution is 2.38. The van der Waals surface area contributed by atoms with E-state index in [-0.39, 0.29) is 18.0 Å². The lowest BCUT2D eigenvalue weighted by atomic mass is 10.1. The van der Waals surface area contributed by atoms with Crippen molar-refractivity contribution in [3.8, 4) is 0 Å². The summed E-state index contributed by atoms with van der Waals surface area (Å²) in [6.07, 6.45) is 1.36. The molecule has 5 nitrogen and oxygen atoms in total. The quantitative estimate of drug-likeness (QED) is 0.468. The van der Waals surface area contributed by atoms with Crippen LogP contribution >= 0.6 is 0 Å². The average Bonchev–Trinajstić information content (AvgIpc) is 2.62. The van der Waals surface area contributed by atoms with Gasteiger partial charge in [-0.15, -0.1) is 0 Å². The molecule has 0 saturated carbocycles. The first-order valence-corrected chi connectivity index (χ1v) is 5.05. The van der Waals surface area contributed by atoms with Gasteiger partial charge in [0, 0.05) is 6.42 Å². The number of amides is 1. The van der Waals surface area contributed by atoms with Gasteiger partial charge in [0.05, 0.1) is 18.7 Å². The highest BCUT2D eigenvalue weighted by Gasteiger charge is 2.56. The zero-order valence-electron chi connectivity index (χ0n) is 8.62. The lowest BCUT2D eigenvalue weighted by Gasteiger charge is -2.32. The summed E-state index contributed by atoms with van der Waals surface area (Å²) in [5.41, 5.74) is 2.13. The van der Waals surface area contributed by atoms with Gasteiger partial charge in [-0.2, -0.15) is 0 Å². The van der Waals surface area contributed by atoms with Gasteiger partial charge in [-0.1, -0.05) is 6.92 Å². The number of rotatable bonds is 2. The molecule has 2 fully saturated rings. The second-order valence-electron chi connectivity index (χ2n) is 4.11. The summed E-state index contributed by atoms with van der Waals surface area (Å²) in [7, 11) is 0. The Kier molecular flexibility index (Phi) is 2.25. The van der Waals surface area contributed by atoms with Crippen LogP contribution in [-0.4, -0.2) is 35.2 Å². The third kappa shape index (κ3) is 1.09. The monoisotopic (exact) mass is 199 g/mol. The second-order valence-corrected chi connectivity index (χ2v) is 4.11. The van der Waals surface area contributed by atoms with Gasteiger partial charge in [-0.05, 0) is 13.3 Å². The molecular formula is C9H17N3O2. The maximum Gasteiger partial charge on any atom is 0.227 e. The Bertz CT molecular complexity index is 258. The second kappa shape index (κ2) is 3.18. The lowest BCUT2D eigenvalue weighted by molar-refractivity contribution is -0.137. The molecule has 0 aliphatic carbocycles. The van der Waals surface area contributed by atoms with E-state index in [9.17, 15) is 4.79 Å². The van der Waals surface area contributed by atoms with Crippen molar-refractivity contribution >= 4 is 5.91 Å². The lowest BCUT2D eigenvalue weighted by Crippen LogP contribution is -2.54. The minimum Gasteiger partial charge on any atom is -0.352 e. The van der Waals surface area contributed by atoms with Crippen LogP contribution in [0.15, 0.2) is 0 Å². The third-order valence-corrected chi connectivity index (χ3v) is 3.38. The first kappa shape index (κ1) is 9.89. The molecule has 0 radical (unpaired) electrons. The van der Waals surface area contributed by atoms with Crippen molar-refractivity contribution in [1.82, 2.24) is 10.3 Å². The van der Waals surface area contributed by atoms with E-state index in [0.717, 1.165) is 6.42 Å². The summed E-state index contributed by atoms with van der Waals surface area (Å²) in [4.78, 5) is 13.6. The molecular weight excluding hydrogens is 182 g/mol. The molecule has 2 heterocycles. The van der Waals surface area contributed by atoms with Gasteiger partial charge < -0.3 is 9.64 Å². The van der Waals surface area contributed by atoms with E-state index in [4.69, 9.17) is 10.6 Å². The maximum absolute atomic E-state index is 11.7. The molecule has 5 heteroatoms. The van der Waals surface area contributed by atoms with Crippen molar-refractivity contribution in [3.05, 3.63) is 0 Å². The zero-order valence-corrected chi connectivity index (χ0v) is 8.62. The summed E-state index contributed by atoms with van der Waals surface area (Å²) in [5.74, 6) is 5.55. The fourth-order valence-electron chi connectivity index (χ4n) is 2.47. The summed E-state index contributed by atoms with van der Waals surface area (Å²) in [6, 6.07) is 0.123. The molecule has 0 aromatic carbocycles. The first-order chi connectivity index (χ1) is 6.63. The predicted octanol–water partition coefficient (Wildman–Crippen LogP) is -0.424. The molecule has 2 rings (SSSR count). The molecule has 0 aromatic heterocycles. The van der Waals surface area contributed by atoms with Crippen LogP contribution in [0, 0.1) is 0 Å². The van der Waals surface area contributed by atoms with Crippen LogP contribution in [0.5, 0.6) is 0 Å². The van der Waals surface area contributed by atoms with Crippen LogP contribution in [0.4, 0.5) is 0 Å². The Labute approximate surface area is 83.5 Å². The Morgan fingerprint density at radius 2 is 2.50 bits per heavy atom. The Morgan fingerprint density at radius 3 is 3.07 bits per heavy atom. The van der Waals surface area contributed by atoms with Crippen molar-refractivity contribution in [1.29, 1.82) is 0 Å². The SMILES string of the molecule is CCC1COC2(C)C(NN)CC(=O)N12. The van der Waals surface area contributed by atoms with Crippen LogP contribution < -0.4 is 11.3 Å². The molecule has 14 heavy (non-hydrogen) atoms. The number of hydrogen-bond donors (Lipinski definition) is 2. The number of carbonyl (C=O) groups excluding carboxylic acids is 1. The number of nitrogens with zero attached hydrogens (tertiary/aromatic N) is 1. The smallest absolute Gasteiger partial charge is 0.227 e. The van der Waals surface area contributed by atoms with Gasteiger partial charge in [-0.25, -0.2) is 0 Å².